The van der Waals surface area contributed by atoms with Crippen LogP contribution in [0.4, 0.5) is 0 Å². The van der Waals surface area contributed by atoms with E-state index in [1.54, 1.807) is 11.3 Å². The Morgan fingerprint density at radius 3 is 2.55 bits per heavy atom. The number of hydrogen-bond donors (Lipinski definition) is 1. The van der Waals surface area contributed by atoms with E-state index in [0.717, 1.165) is 27.7 Å². The van der Waals surface area contributed by atoms with Crippen LogP contribution >= 0.6 is 22.9 Å². The molecule has 0 aliphatic rings. The van der Waals surface area contributed by atoms with Crippen LogP contribution < -0.4 is 5.73 Å². The van der Waals surface area contributed by atoms with Gasteiger partial charge in [-0.15, -0.1) is 16.4 Å². The molecule has 0 aromatic carbocycles. The maximum Gasteiger partial charge on any atom is 0.0947 e. The summed E-state index contributed by atoms with van der Waals surface area (Å²) in [6, 6.07) is -0.0635. The van der Waals surface area contributed by atoms with E-state index in [9.17, 15) is 0 Å². The van der Waals surface area contributed by atoms with Gasteiger partial charge in [0, 0.05) is 23.3 Å². The fraction of sp³-hybridized carbons (Fsp3) is 0.643. The smallest absolute Gasteiger partial charge is 0.0947 e. The third kappa shape index (κ3) is 3.42. The zero-order chi connectivity index (χ0) is 14.9. The third-order valence-corrected chi connectivity index (χ3v) is 4.88. The van der Waals surface area contributed by atoms with E-state index in [4.69, 9.17) is 10.7 Å². The van der Waals surface area contributed by atoms with E-state index >= 15 is 0 Å². The molecule has 0 aliphatic carbocycles. The maximum atomic E-state index is 6.33. The average Bonchev–Trinajstić information content (AvgIpc) is 2.95. The number of nitrogens with zero attached hydrogens (tertiary/aromatic N) is 3. The lowest BCUT2D eigenvalue weighted by Crippen LogP contribution is -2.15. The van der Waals surface area contributed by atoms with Crippen LogP contribution in [0.5, 0.6) is 0 Å². The third-order valence-electron chi connectivity index (χ3n) is 3.14. The summed E-state index contributed by atoms with van der Waals surface area (Å²) < 4.78 is 4.05. The lowest BCUT2D eigenvalue weighted by Gasteiger charge is -2.14. The van der Waals surface area contributed by atoms with Crippen LogP contribution in [0, 0.1) is 0 Å². The number of aromatic nitrogens is 3. The minimum Gasteiger partial charge on any atom is -0.323 e. The van der Waals surface area contributed by atoms with Crippen LogP contribution in [0.3, 0.4) is 0 Å². The van der Waals surface area contributed by atoms with Gasteiger partial charge in [0.05, 0.1) is 21.3 Å². The van der Waals surface area contributed by atoms with E-state index < -0.39 is 0 Å². The standard InChI is InChI=1S/C14H22N4S2/c1-8(2)12-13(20-18-17-12)9(15)6-11-16-10(7-19-11)14(3,4)5/h7-9H,6,15H2,1-5H3. The topological polar surface area (TPSA) is 64.7 Å². The largest absolute Gasteiger partial charge is 0.323 e. The molecule has 20 heavy (non-hydrogen) atoms. The van der Waals surface area contributed by atoms with Crippen molar-refractivity contribution < 1.29 is 0 Å². The zero-order valence-corrected chi connectivity index (χ0v) is 14.3. The Kier molecular flexibility index (Phi) is 4.56. The Bertz CT molecular complexity index is 566. The molecule has 0 aliphatic heterocycles. The lowest BCUT2D eigenvalue weighted by molar-refractivity contribution is 0.569. The zero-order valence-electron chi connectivity index (χ0n) is 12.7. The second-order valence-electron chi connectivity index (χ2n) is 6.36. The molecule has 0 saturated carbocycles. The fourth-order valence-electron chi connectivity index (χ4n) is 1.89. The Morgan fingerprint density at radius 1 is 1.30 bits per heavy atom. The van der Waals surface area contributed by atoms with E-state index in [1.165, 1.54) is 11.5 Å². The number of thiazole rings is 1. The predicted octanol–water partition coefficient (Wildman–Crippen LogP) is 3.66. The van der Waals surface area contributed by atoms with Crippen molar-refractivity contribution in [3.05, 3.63) is 26.7 Å². The summed E-state index contributed by atoms with van der Waals surface area (Å²) in [6.07, 6.45) is 0.754. The van der Waals surface area contributed by atoms with Crippen molar-refractivity contribution >= 4 is 22.9 Å². The van der Waals surface area contributed by atoms with Crippen LogP contribution in [0.2, 0.25) is 0 Å². The van der Waals surface area contributed by atoms with E-state index in [1.807, 2.05) is 0 Å². The van der Waals surface area contributed by atoms with Gasteiger partial charge in [0.25, 0.3) is 0 Å². The van der Waals surface area contributed by atoms with Crippen LogP contribution in [-0.4, -0.2) is 14.6 Å². The predicted molar refractivity (Wildman–Crippen MR) is 85.4 cm³/mol. The van der Waals surface area contributed by atoms with Crippen molar-refractivity contribution in [2.45, 2.75) is 58.4 Å². The summed E-state index contributed by atoms with van der Waals surface area (Å²) in [5, 5.41) is 7.42. The summed E-state index contributed by atoms with van der Waals surface area (Å²) in [6.45, 7) is 10.8. The van der Waals surface area contributed by atoms with Gasteiger partial charge in [-0.1, -0.05) is 39.1 Å². The minimum absolute atomic E-state index is 0.0635. The van der Waals surface area contributed by atoms with Gasteiger partial charge in [0.1, 0.15) is 0 Å². The molecule has 110 valence electrons. The molecule has 2 rings (SSSR count). The molecule has 2 N–H and O–H groups in total. The molecule has 2 aromatic heterocycles. The molecule has 0 saturated heterocycles. The molecule has 0 bridgehead atoms. The Hall–Kier alpha value is -0.850. The van der Waals surface area contributed by atoms with E-state index in [-0.39, 0.29) is 11.5 Å². The first-order valence-corrected chi connectivity index (χ1v) is 8.47. The molecule has 2 aromatic rings. The highest BCUT2D eigenvalue weighted by Crippen LogP contribution is 2.29. The summed E-state index contributed by atoms with van der Waals surface area (Å²) in [7, 11) is 0. The van der Waals surface area contributed by atoms with Gasteiger partial charge in [-0.3, -0.25) is 0 Å². The molecule has 2 heterocycles. The number of hydrogen-bond acceptors (Lipinski definition) is 6. The molecule has 1 atom stereocenters. The molecular formula is C14H22N4S2. The first-order chi connectivity index (χ1) is 9.29. The van der Waals surface area contributed by atoms with Crippen LogP contribution in [-0.2, 0) is 11.8 Å². The lowest BCUT2D eigenvalue weighted by atomic mass is 9.93. The van der Waals surface area contributed by atoms with Gasteiger partial charge < -0.3 is 5.73 Å². The molecular weight excluding hydrogens is 288 g/mol. The quantitative estimate of drug-likeness (QED) is 0.936. The van der Waals surface area contributed by atoms with Gasteiger partial charge in [-0.2, -0.15) is 0 Å². The molecule has 1 unspecified atom stereocenters. The van der Waals surface area contributed by atoms with Gasteiger partial charge in [-0.05, 0) is 17.5 Å². The van der Waals surface area contributed by atoms with Crippen molar-refractivity contribution in [3.8, 4) is 0 Å². The number of nitrogens with two attached hydrogens (primary N) is 1. The Balaban J connectivity index is 2.13. The first kappa shape index (κ1) is 15.5. The van der Waals surface area contributed by atoms with E-state index in [0.29, 0.717) is 5.92 Å². The fourth-order valence-corrected chi connectivity index (χ4v) is 3.78. The minimum atomic E-state index is -0.0635. The second kappa shape index (κ2) is 5.87. The monoisotopic (exact) mass is 310 g/mol. The Morgan fingerprint density at radius 2 is 2.00 bits per heavy atom. The SMILES string of the molecule is CC(C)c1nnsc1C(N)Cc1nc(C(C)(C)C)cs1. The van der Waals surface area contributed by atoms with Crippen molar-refractivity contribution in [2.75, 3.05) is 0 Å². The highest BCUT2D eigenvalue weighted by molar-refractivity contribution is 7.09. The first-order valence-electron chi connectivity index (χ1n) is 6.81. The van der Waals surface area contributed by atoms with Crippen molar-refractivity contribution in [1.82, 2.24) is 14.6 Å². The molecule has 6 heteroatoms. The van der Waals surface area contributed by atoms with Gasteiger partial charge in [-0.25, -0.2) is 4.98 Å². The molecule has 0 amide bonds. The summed E-state index contributed by atoms with van der Waals surface area (Å²) in [4.78, 5) is 5.80. The maximum absolute atomic E-state index is 6.33. The van der Waals surface area contributed by atoms with Crippen LogP contribution in [0.15, 0.2) is 5.38 Å². The molecule has 0 radical (unpaired) electrons. The van der Waals surface area contributed by atoms with Crippen molar-refractivity contribution in [2.24, 2.45) is 5.73 Å². The molecule has 0 fully saturated rings. The van der Waals surface area contributed by atoms with Gasteiger partial charge in [0.15, 0.2) is 0 Å². The summed E-state index contributed by atoms with van der Waals surface area (Å²) in [5.41, 5.74) is 8.58. The molecule has 0 spiro atoms. The van der Waals surface area contributed by atoms with Gasteiger partial charge in [0.2, 0.25) is 0 Å². The Labute approximate surface area is 128 Å². The summed E-state index contributed by atoms with van der Waals surface area (Å²) >= 11 is 3.10. The van der Waals surface area contributed by atoms with Crippen molar-refractivity contribution in [1.29, 1.82) is 0 Å². The number of rotatable bonds is 4. The van der Waals surface area contributed by atoms with Crippen LogP contribution in [0.1, 0.15) is 67.9 Å². The molecule has 4 nitrogen and oxygen atoms in total. The summed E-state index contributed by atoms with van der Waals surface area (Å²) in [5.74, 6) is 0.358. The average molecular weight is 310 g/mol. The van der Waals surface area contributed by atoms with Crippen molar-refractivity contribution in [3.63, 3.8) is 0 Å². The normalized spacial score (nSPS) is 13.9. The highest BCUT2D eigenvalue weighted by Gasteiger charge is 2.21. The highest BCUT2D eigenvalue weighted by atomic mass is 32.1. The van der Waals surface area contributed by atoms with Crippen LogP contribution in [0.25, 0.3) is 0 Å². The second-order valence-corrected chi connectivity index (χ2v) is 8.09. The van der Waals surface area contributed by atoms with Gasteiger partial charge >= 0.3 is 0 Å². The van der Waals surface area contributed by atoms with E-state index in [2.05, 4.69) is 49.6 Å².